The molecule has 27 heavy (non-hydrogen) atoms. The quantitative estimate of drug-likeness (QED) is 0.703. The molecule has 0 radical (unpaired) electrons. The van der Waals surface area contributed by atoms with E-state index in [2.05, 4.69) is 20.3 Å². The fraction of sp³-hybridized carbons (Fsp3) is 0.250. The third kappa shape index (κ3) is 3.71. The van der Waals surface area contributed by atoms with Crippen LogP contribution in [-0.4, -0.2) is 25.0 Å². The lowest BCUT2D eigenvalue weighted by Gasteiger charge is -2.15. The number of hydrogen-bond acceptors (Lipinski definition) is 4. The Morgan fingerprint density at radius 2 is 1.81 bits per heavy atom. The largest absolute Gasteiger partial charge is 0.419 e. The number of nitrogens with one attached hydrogen (secondary N) is 1. The van der Waals surface area contributed by atoms with Crippen LogP contribution in [0.4, 0.5) is 22.0 Å². The van der Waals surface area contributed by atoms with Crippen molar-refractivity contribution >= 4 is 0 Å². The normalized spacial score (nSPS) is 13.0. The van der Waals surface area contributed by atoms with Crippen LogP contribution in [0.5, 0.6) is 0 Å². The SMILES string of the molecule is Cc1nc(-c2cn(C(C)c3cc(F)c(C(F)(F)F)cc3F)nn2)cc(=O)[nH]1. The van der Waals surface area contributed by atoms with Gasteiger partial charge < -0.3 is 4.98 Å². The first-order valence-electron chi connectivity index (χ1n) is 7.62. The van der Waals surface area contributed by atoms with Gasteiger partial charge in [0, 0.05) is 11.6 Å². The van der Waals surface area contributed by atoms with Crippen LogP contribution in [0, 0.1) is 18.6 Å². The highest BCUT2D eigenvalue weighted by Gasteiger charge is 2.35. The number of benzene rings is 1. The summed E-state index contributed by atoms with van der Waals surface area (Å²) in [5.41, 5.74) is -2.00. The van der Waals surface area contributed by atoms with Gasteiger partial charge in [-0.2, -0.15) is 13.2 Å². The first kappa shape index (κ1) is 18.7. The van der Waals surface area contributed by atoms with Gasteiger partial charge in [0.15, 0.2) is 0 Å². The van der Waals surface area contributed by atoms with Gasteiger partial charge in [-0.05, 0) is 26.0 Å². The second-order valence-corrected chi connectivity index (χ2v) is 5.83. The van der Waals surface area contributed by atoms with Crippen molar-refractivity contribution in [3.63, 3.8) is 0 Å². The Balaban J connectivity index is 1.98. The summed E-state index contributed by atoms with van der Waals surface area (Å²) in [5.74, 6) is -2.47. The molecule has 2 heterocycles. The van der Waals surface area contributed by atoms with Crippen molar-refractivity contribution in [3.05, 3.63) is 63.3 Å². The molecule has 0 saturated heterocycles. The fourth-order valence-electron chi connectivity index (χ4n) is 2.54. The van der Waals surface area contributed by atoms with E-state index in [0.717, 1.165) is 4.68 Å². The van der Waals surface area contributed by atoms with Crippen LogP contribution in [0.15, 0.2) is 29.2 Å². The Labute approximate surface area is 148 Å². The van der Waals surface area contributed by atoms with Crippen molar-refractivity contribution in [1.29, 1.82) is 0 Å². The average Bonchev–Trinajstić information content (AvgIpc) is 3.04. The van der Waals surface area contributed by atoms with Crippen molar-refractivity contribution in [3.8, 4) is 11.4 Å². The molecule has 1 unspecified atom stereocenters. The lowest BCUT2D eigenvalue weighted by atomic mass is 10.0. The second kappa shape index (κ2) is 6.56. The predicted molar refractivity (Wildman–Crippen MR) is 83.8 cm³/mol. The number of halogens is 5. The Morgan fingerprint density at radius 3 is 2.44 bits per heavy atom. The number of H-pyrrole nitrogens is 1. The lowest BCUT2D eigenvalue weighted by Crippen LogP contribution is -2.14. The van der Waals surface area contributed by atoms with Crippen molar-refractivity contribution in [2.24, 2.45) is 0 Å². The molecule has 1 atom stereocenters. The number of hydrogen-bond donors (Lipinski definition) is 1. The van der Waals surface area contributed by atoms with Crippen LogP contribution in [0.1, 0.15) is 29.9 Å². The summed E-state index contributed by atoms with van der Waals surface area (Å²) in [6.45, 7) is 2.98. The molecule has 2 aromatic heterocycles. The first-order chi connectivity index (χ1) is 12.6. The lowest BCUT2D eigenvalue weighted by molar-refractivity contribution is -0.140. The van der Waals surface area contributed by atoms with E-state index < -0.39 is 35.0 Å². The number of aryl methyl sites for hydroxylation is 1. The Kier molecular flexibility index (Phi) is 4.54. The maximum atomic E-state index is 14.1. The maximum absolute atomic E-state index is 14.1. The van der Waals surface area contributed by atoms with Crippen LogP contribution in [-0.2, 0) is 6.18 Å². The summed E-state index contributed by atoms with van der Waals surface area (Å²) in [6.07, 6.45) is -3.67. The molecule has 0 bridgehead atoms. The van der Waals surface area contributed by atoms with Gasteiger partial charge in [-0.1, -0.05) is 5.21 Å². The number of aromatic nitrogens is 5. The first-order valence-corrected chi connectivity index (χ1v) is 7.62. The molecule has 6 nitrogen and oxygen atoms in total. The molecule has 0 fully saturated rings. The van der Waals surface area contributed by atoms with Crippen LogP contribution >= 0.6 is 0 Å². The molecule has 1 N–H and O–H groups in total. The van der Waals surface area contributed by atoms with E-state index in [9.17, 15) is 26.7 Å². The van der Waals surface area contributed by atoms with Crippen LogP contribution in [0.3, 0.4) is 0 Å². The highest BCUT2D eigenvalue weighted by Crippen LogP contribution is 2.34. The van der Waals surface area contributed by atoms with Crippen LogP contribution in [0.25, 0.3) is 11.4 Å². The van der Waals surface area contributed by atoms with Crippen LogP contribution < -0.4 is 5.56 Å². The molecule has 0 aliphatic heterocycles. The van der Waals surface area contributed by atoms with E-state index in [1.165, 1.54) is 19.2 Å². The highest BCUT2D eigenvalue weighted by molar-refractivity contribution is 5.51. The van der Waals surface area contributed by atoms with E-state index in [0.29, 0.717) is 11.9 Å². The predicted octanol–water partition coefficient (Wildman–Crippen LogP) is 3.24. The van der Waals surface area contributed by atoms with Crippen molar-refractivity contribution < 1.29 is 22.0 Å². The van der Waals surface area contributed by atoms with Gasteiger partial charge in [0.05, 0.1) is 23.5 Å². The zero-order valence-corrected chi connectivity index (χ0v) is 14.0. The fourth-order valence-corrected chi connectivity index (χ4v) is 2.54. The molecule has 1 aromatic carbocycles. The molecule has 0 aliphatic carbocycles. The third-order valence-corrected chi connectivity index (χ3v) is 3.87. The topological polar surface area (TPSA) is 76.5 Å². The average molecular weight is 385 g/mol. The van der Waals surface area contributed by atoms with Gasteiger partial charge in [0.1, 0.15) is 23.2 Å². The molecule has 0 spiro atoms. The molecule has 11 heteroatoms. The van der Waals surface area contributed by atoms with E-state index in [1.807, 2.05) is 0 Å². The smallest absolute Gasteiger partial charge is 0.311 e. The molecular formula is C16H12F5N5O. The van der Waals surface area contributed by atoms with Gasteiger partial charge >= 0.3 is 6.18 Å². The Hall–Kier alpha value is -3.11. The van der Waals surface area contributed by atoms with Crippen molar-refractivity contribution in [2.75, 3.05) is 0 Å². The van der Waals surface area contributed by atoms with Gasteiger partial charge in [-0.3, -0.25) is 4.79 Å². The van der Waals surface area contributed by atoms with Gasteiger partial charge in [-0.25, -0.2) is 18.4 Å². The summed E-state index contributed by atoms with van der Waals surface area (Å²) in [7, 11) is 0. The van der Waals surface area contributed by atoms with Crippen LogP contribution in [0.2, 0.25) is 0 Å². The van der Waals surface area contributed by atoms with Gasteiger partial charge in [0.2, 0.25) is 0 Å². The van der Waals surface area contributed by atoms with Crippen molar-refractivity contribution in [1.82, 2.24) is 25.0 Å². The highest BCUT2D eigenvalue weighted by atomic mass is 19.4. The maximum Gasteiger partial charge on any atom is 0.419 e. The summed E-state index contributed by atoms with van der Waals surface area (Å²) in [5, 5.41) is 7.60. The van der Waals surface area contributed by atoms with E-state index >= 15 is 0 Å². The van der Waals surface area contributed by atoms with Gasteiger partial charge in [-0.15, -0.1) is 5.10 Å². The molecular weight excluding hydrogens is 373 g/mol. The molecule has 0 aliphatic rings. The van der Waals surface area contributed by atoms with E-state index in [1.54, 1.807) is 6.92 Å². The van der Waals surface area contributed by atoms with E-state index in [-0.39, 0.29) is 23.0 Å². The zero-order valence-electron chi connectivity index (χ0n) is 14.0. The summed E-state index contributed by atoms with van der Waals surface area (Å²) >= 11 is 0. The zero-order chi connectivity index (χ0) is 19.9. The Morgan fingerprint density at radius 1 is 1.11 bits per heavy atom. The molecule has 3 rings (SSSR count). The minimum Gasteiger partial charge on any atom is -0.311 e. The van der Waals surface area contributed by atoms with Gasteiger partial charge in [0.25, 0.3) is 5.56 Å². The number of alkyl halides is 3. The number of nitrogens with zero attached hydrogens (tertiary/aromatic N) is 4. The monoisotopic (exact) mass is 385 g/mol. The number of rotatable bonds is 3. The minimum absolute atomic E-state index is 0.112. The second-order valence-electron chi connectivity index (χ2n) is 5.83. The number of aromatic amines is 1. The molecule has 142 valence electrons. The molecule has 0 amide bonds. The van der Waals surface area contributed by atoms with Crippen molar-refractivity contribution in [2.45, 2.75) is 26.1 Å². The molecule has 0 saturated carbocycles. The summed E-state index contributed by atoms with van der Waals surface area (Å²) in [6, 6.07) is 0.830. The molecule has 3 aromatic rings. The Bertz CT molecular complexity index is 1060. The van der Waals surface area contributed by atoms with E-state index in [4.69, 9.17) is 0 Å². The summed E-state index contributed by atoms with van der Waals surface area (Å²) in [4.78, 5) is 18.1. The minimum atomic E-state index is -5.00. The standard InChI is InChI=1S/C16H12F5N5O/c1-7(9-3-12(18)10(4-11(9)17)16(19,20)21)26-6-14(24-25-26)13-5-15(27)23-8(2)22-13/h3-7H,1-2H3,(H,22,23,27). The third-order valence-electron chi connectivity index (χ3n) is 3.87. The summed E-state index contributed by atoms with van der Waals surface area (Å²) < 4.78 is 67.1.